The Morgan fingerprint density at radius 2 is 1.79 bits per heavy atom. The van der Waals surface area contributed by atoms with Gasteiger partial charge in [-0.2, -0.15) is 5.26 Å². The first kappa shape index (κ1) is 15.5. The molecule has 0 heterocycles. The maximum Gasteiger partial charge on any atom is 0.0992 e. The van der Waals surface area contributed by atoms with E-state index in [0.717, 1.165) is 50.4 Å². The van der Waals surface area contributed by atoms with E-state index in [1.165, 1.54) is 0 Å². The van der Waals surface area contributed by atoms with Crippen molar-refractivity contribution in [1.29, 1.82) is 5.26 Å². The summed E-state index contributed by atoms with van der Waals surface area (Å²) >= 11 is 0. The number of nitrogens with zero attached hydrogens (tertiary/aromatic N) is 3. The first-order chi connectivity index (χ1) is 9.24. The fraction of sp³-hybridized carbons (Fsp3) is 0.562. The van der Waals surface area contributed by atoms with Crippen LogP contribution >= 0.6 is 0 Å². The third kappa shape index (κ3) is 4.92. The van der Waals surface area contributed by atoms with Crippen LogP contribution in [0.2, 0.25) is 0 Å². The van der Waals surface area contributed by atoms with Crippen molar-refractivity contribution in [2.45, 2.75) is 27.2 Å². The van der Waals surface area contributed by atoms with Crippen LogP contribution in [0.25, 0.3) is 0 Å². The normalized spacial score (nSPS) is 10.5. The number of benzene rings is 1. The Hall–Kier alpha value is -1.53. The van der Waals surface area contributed by atoms with Crippen molar-refractivity contribution >= 4 is 5.69 Å². The van der Waals surface area contributed by atoms with Crippen LogP contribution in [0.5, 0.6) is 0 Å². The summed E-state index contributed by atoms with van der Waals surface area (Å²) in [7, 11) is 0. The Kier molecular flexibility index (Phi) is 6.99. The monoisotopic (exact) mass is 259 g/mol. The molecule has 0 fully saturated rings. The van der Waals surface area contributed by atoms with Crippen molar-refractivity contribution < 1.29 is 0 Å². The molecule has 3 heteroatoms. The van der Waals surface area contributed by atoms with E-state index in [1.807, 2.05) is 18.2 Å². The molecule has 0 amide bonds. The maximum absolute atomic E-state index is 8.95. The molecule has 19 heavy (non-hydrogen) atoms. The molecule has 0 spiro atoms. The average molecular weight is 259 g/mol. The molecular formula is C16H25N3. The van der Waals surface area contributed by atoms with E-state index in [4.69, 9.17) is 5.26 Å². The van der Waals surface area contributed by atoms with E-state index >= 15 is 0 Å². The lowest BCUT2D eigenvalue weighted by molar-refractivity contribution is 0.301. The molecule has 0 aliphatic rings. The van der Waals surface area contributed by atoms with E-state index < -0.39 is 0 Å². The van der Waals surface area contributed by atoms with E-state index in [-0.39, 0.29) is 0 Å². The molecule has 0 bridgehead atoms. The maximum atomic E-state index is 8.95. The SMILES string of the molecule is CCN(CC)CCCN(CC)c1cccc(C#N)c1. The Labute approximate surface area is 117 Å². The van der Waals surface area contributed by atoms with Gasteiger partial charge < -0.3 is 9.80 Å². The first-order valence-electron chi connectivity index (χ1n) is 7.22. The molecule has 3 nitrogen and oxygen atoms in total. The summed E-state index contributed by atoms with van der Waals surface area (Å²) in [6.07, 6.45) is 1.16. The molecule has 0 saturated carbocycles. The van der Waals surface area contributed by atoms with Gasteiger partial charge in [-0.1, -0.05) is 19.9 Å². The Morgan fingerprint density at radius 1 is 1.05 bits per heavy atom. The van der Waals surface area contributed by atoms with Gasteiger partial charge in [-0.25, -0.2) is 0 Å². The number of anilines is 1. The molecule has 104 valence electrons. The summed E-state index contributed by atoms with van der Waals surface area (Å²) in [5.41, 5.74) is 1.89. The van der Waals surface area contributed by atoms with E-state index in [2.05, 4.69) is 42.7 Å². The quantitative estimate of drug-likeness (QED) is 0.718. The number of nitriles is 1. The molecule has 1 aromatic carbocycles. The van der Waals surface area contributed by atoms with Crippen LogP contribution in [0.4, 0.5) is 5.69 Å². The minimum atomic E-state index is 0.736. The summed E-state index contributed by atoms with van der Waals surface area (Å²) in [4.78, 5) is 4.78. The zero-order valence-corrected chi connectivity index (χ0v) is 12.4. The van der Waals surface area contributed by atoms with Crippen LogP contribution < -0.4 is 4.90 Å². The van der Waals surface area contributed by atoms with Gasteiger partial charge in [0.25, 0.3) is 0 Å². The van der Waals surface area contributed by atoms with Gasteiger partial charge >= 0.3 is 0 Å². The summed E-state index contributed by atoms with van der Waals surface area (Å²) in [5, 5.41) is 8.95. The topological polar surface area (TPSA) is 30.3 Å². The van der Waals surface area contributed by atoms with Crippen LogP contribution in [-0.2, 0) is 0 Å². The predicted molar refractivity (Wildman–Crippen MR) is 81.4 cm³/mol. The summed E-state index contributed by atoms with van der Waals surface area (Å²) in [5.74, 6) is 0. The van der Waals surface area contributed by atoms with Crippen LogP contribution in [0, 0.1) is 11.3 Å². The van der Waals surface area contributed by atoms with Crippen molar-refractivity contribution in [3.63, 3.8) is 0 Å². The number of hydrogen-bond acceptors (Lipinski definition) is 3. The third-order valence-corrected chi connectivity index (χ3v) is 3.52. The smallest absolute Gasteiger partial charge is 0.0992 e. The lowest BCUT2D eigenvalue weighted by Crippen LogP contribution is -2.30. The van der Waals surface area contributed by atoms with E-state index in [9.17, 15) is 0 Å². The molecule has 1 rings (SSSR count). The van der Waals surface area contributed by atoms with Crippen LogP contribution in [0.3, 0.4) is 0 Å². The molecule has 0 aliphatic carbocycles. The molecular weight excluding hydrogens is 234 g/mol. The van der Waals surface area contributed by atoms with Gasteiger partial charge in [0.15, 0.2) is 0 Å². The largest absolute Gasteiger partial charge is 0.372 e. The second-order valence-electron chi connectivity index (χ2n) is 4.62. The van der Waals surface area contributed by atoms with Crippen molar-refractivity contribution in [2.24, 2.45) is 0 Å². The van der Waals surface area contributed by atoms with Crippen molar-refractivity contribution in [3.8, 4) is 6.07 Å². The van der Waals surface area contributed by atoms with Gasteiger partial charge in [-0.3, -0.25) is 0 Å². The molecule has 1 aromatic rings. The van der Waals surface area contributed by atoms with Gasteiger partial charge in [-0.05, 0) is 51.2 Å². The van der Waals surface area contributed by atoms with Gasteiger partial charge in [0.05, 0.1) is 11.6 Å². The molecule has 0 aromatic heterocycles. The van der Waals surface area contributed by atoms with Crippen LogP contribution in [0.15, 0.2) is 24.3 Å². The number of rotatable bonds is 8. The Balaban J connectivity index is 2.55. The summed E-state index contributed by atoms with van der Waals surface area (Å²) in [6.45, 7) is 12.0. The Bertz CT molecular complexity index is 405. The molecule has 0 saturated heterocycles. The van der Waals surface area contributed by atoms with Crippen molar-refractivity contribution in [3.05, 3.63) is 29.8 Å². The lowest BCUT2D eigenvalue weighted by atomic mass is 10.2. The highest BCUT2D eigenvalue weighted by Crippen LogP contribution is 2.16. The van der Waals surface area contributed by atoms with Crippen molar-refractivity contribution in [1.82, 2.24) is 4.90 Å². The Morgan fingerprint density at radius 3 is 2.37 bits per heavy atom. The highest BCUT2D eigenvalue weighted by atomic mass is 15.1. The highest BCUT2D eigenvalue weighted by molar-refractivity contribution is 5.51. The van der Waals surface area contributed by atoms with Gasteiger partial charge in [0.1, 0.15) is 0 Å². The minimum absolute atomic E-state index is 0.736. The standard InChI is InChI=1S/C16H25N3/c1-4-18(5-2)11-8-12-19(6-3)16-10-7-9-15(13-16)14-17/h7,9-10,13H,4-6,8,11-12H2,1-3H3. The van der Waals surface area contributed by atoms with E-state index in [1.54, 1.807) is 0 Å². The second-order valence-corrected chi connectivity index (χ2v) is 4.62. The molecule has 0 radical (unpaired) electrons. The summed E-state index contributed by atoms with van der Waals surface area (Å²) in [6, 6.07) is 10.1. The third-order valence-electron chi connectivity index (χ3n) is 3.52. The lowest BCUT2D eigenvalue weighted by Gasteiger charge is -2.25. The van der Waals surface area contributed by atoms with E-state index in [0.29, 0.717) is 0 Å². The van der Waals surface area contributed by atoms with Crippen LogP contribution in [0.1, 0.15) is 32.8 Å². The molecule has 0 N–H and O–H groups in total. The number of hydrogen-bond donors (Lipinski definition) is 0. The van der Waals surface area contributed by atoms with Gasteiger partial charge in [0.2, 0.25) is 0 Å². The van der Waals surface area contributed by atoms with Crippen molar-refractivity contribution in [2.75, 3.05) is 37.6 Å². The molecule has 0 aliphatic heterocycles. The van der Waals surface area contributed by atoms with Gasteiger partial charge in [0, 0.05) is 18.8 Å². The first-order valence-corrected chi connectivity index (χ1v) is 7.22. The minimum Gasteiger partial charge on any atom is -0.372 e. The predicted octanol–water partition coefficient (Wildman–Crippen LogP) is 3.12. The highest BCUT2D eigenvalue weighted by Gasteiger charge is 2.06. The zero-order valence-electron chi connectivity index (χ0n) is 12.4. The fourth-order valence-electron chi connectivity index (χ4n) is 2.27. The second kappa shape index (κ2) is 8.55. The fourth-order valence-corrected chi connectivity index (χ4v) is 2.27. The summed E-state index contributed by atoms with van der Waals surface area (Å²) < 4.78 is 0. The average Bonchev–Trinajstić information content (AvgIpc) is 2.47. The van der Waals surface area contributed by atoms with Crippen LogP contribution in [-0.4, -0.2) is 37.6 Å². The molecule has 0 atom stereocenters. The van der Waals surface area contributed by atoms with Gasteiger partial charge in [-0.15, -0.1) is 0 Å². The molecule has 0 unspecified atom stereocenters. The zero-order chi connectivity index (χ0) is 14.1.